The number of ether oxygens (including phenoxy) is 1. The Morgan fingerprint density at radius 3 is 2.61 bits per heavy atom. The summed E-state index contributed by atoms with van der Waals surface area (Å²) in [5.74, 6) is 1.06. The highest BCUT2D eigenvalue weighted by Gasteiger charge is 2.14. The van der Waals surface area contributed by atoms with Crippen molar-refractivity contribution in [3.8, 4) is 11.8 Å². The van der Waals surface area contributed by atoms with Gasteiger partial charge in [-0.05, 0) is 30.5 Å². The van der Waals surface area contributed by atoms with Crippen LogP contribution in [0.1, 0.15) is 19.4 Å². The van der Waals surface area contributed by atoms with Crippen molar-refractivity contribution >= 4 is 17.3 Å². The van der Waals surface area contributed by atoms with Crippen molar-refractivity contribution in [2.24, 2.45) is 11.8 Å². The number of nitriles is 1. The van der Waals surface area contributed by atoms with E-state index in [1.54, 1.807) is 7.11 Å². The molecule has 0 aliphatic rings. The summed E-state index contributed by atoms with van der Waals surface area (Å²) < 4.78 is 5.35. The van der Waals surface area contributed by atoms with Crippen LogP contribution in [-0.4, -0.2) is 13.7 Å². The van der Waals surface area contributed by atoms with Crippen LogP contribution in [-0.2, 0) is 0 Å². The molecule has 0 fully saturated rings. The standard InChI is InChI=1S/C14H19ClN2O/c1-9(2)11(7-16)8-17-13-6-12(15)5-10(3)14(13)18-4/h5-6,9,11,17H,8H2,1-4H3. The SMILES string of the molecule is COc1c(C)cc(Cl)cc1NCC(C#N)C(C)C. The van der Waals surface area contributed by atoms with Gasteiger partial charge in [0, 0.05) is 11.6 Å². The molecule has 1 aromatic carbocycles. The molecule has 0 aromatic heterocycles. The number of nitrogens with one attached hydrogen (secondary N) is 1. The first-order valence-electron chi connectivity index (χ1n) is 5.97. The maximum atomic E-state index is 9.06. The Balaban J connectivity index is 2.88. The van der Waals surface area contributed by atoms with Gasteiger partial charge in [0.2, 0.25) is 0 Å². The fourth-order valence-electron chi connectivity index (χ4n) is 1.78. The van der Waals surface area contributed by atoms with Crippen LogP contribution < -0.4 is 10.1 Å². The molecule has 1 N–H and O–H groups in total. The number of methoxy groups -OCH3 is 1. The molecule has 0 aliphatic carbocycles. The Bertz CT molecular complexity index is 452. The zero-order chi connectivity index (χ0) is 13.7. The summed E-state index contributed by atoms with van der Waals surface area (Å²) in [4.78, 5) is 0. The van der Waals surface area contributed by atoms with E-state index >= 15 is 0 Å². The van der Waals surface area contributed by atoms with E-state index in [2.05, 4.69) is 11.4 Å². The largest absolute Gasteiger partial charge is 0.494 e. The van der Waals surface area contributed by atoms with Crippen LogP contribution in [0.5, 0.6) is 5.75 Å². The van der Waals surface area contributed by atoms with Crippen LogP contribution in [0.3, 0.4) is 0 Å². The lowest BCUT2D eigenvalue weighted by Crippen LogP contribution is -2.18. The van der Waals surface area contributed by atoms with E-state index in [-0.39, 0.29) is 5.92 Å². The Morgan fingerprint density at radius 1 is 1.44 bits per heavy atom. The molecule has 98 valence electrons. The summed E-state index contributed by atoms with van der Waals surface area (Å²) in [7, 11) is 1.63. The molecule has 4 heteroatoms. The monoisotopic (exact) mass is 266 g/mol. The van der Waals surface area contributed by atoms with Gasteiger partial charge in [-0.2, -0.15) is 5.26 Å². The number of aryl methyl sites for hydroxylation is 1. The molecule has 3 nitrogen and oxygen atoms in total. The third-order valence-electron chi connectivity index (χ3n) is 2.93. The minimum absolute atomic E-state index is 0.0333. The van der Waals surface area contributed by atoms with E-state index in [4.69, 9.17) is 21.6 Å². The first-order chi connectivity index (χ1) is 8.49. The summed E-state index contributed by atoms with van der Waals surface area (Å²) in [5, 5.41) is 13.0. The maximum absolute atomic E-state index is 9.06. The number of rotatable bonds is 5. The van der Waals surface area contributed by atoms with E-state index in [1.807, 2.05) is 32.9 Å². The number of anilines is 1. The zero-order valence-electron chi connectivity index (χ0n) is 11.2. The lowest BCUT2D eigenvalue weighted by atomic mass is 9.97. The number of halogens is 1. The fraction of sp³-hybridized carbons (Fsp3) is 0.500. The first kappa shape index (κ1) is 14.7. The van der Waals surface area contributed by atoms with Gasteiger partial charge < -0.3 is 10.1 Å². The molecule has 0 bridgehead atoms. The van der Waals surface area contributed by atoms with Gasteiger partial charge in [-0.1, -0.05) is 25.4 Å². The van der Waals surface area contributed by atoms with Gasteiger partial charge in [0.15, 0.2) is 0 Å². The molecule has 0 radical (unpaired) electrons. The fourth-order valence-corrected chi connectivity index (χ4v) is 2.06. The molecule has 1 aromatic rings. The lowest BCUT2D eigenvalue weighted by molar-refractivity contribution is 0.412. The third-order valence-corrected chi connectivity index (χ3v) is 3.14. The highest BCUT2D eigenvalue weighted by molar-refractivity contribution is 6.31. The van der Waals surface area contributed by atoms with Crippen molar-refractivity contribution in [2.75, 3.05) is 19.0 Å². The van der Waals surface area contributed by atoms with Crippen LogP contribution in [0, 0.1) is 30.1 Å². The first-order valence-corrected chi connectivity index (χ1v) is 6.35. The van der Waals surface area contributed by atoms with Gasteiger partial charge in [0.25, 0.3) is 0 Å². The normalized spacial score (nSPS) is 12.1. The van der Waals surface area contributed by atoms with Crippen LogP contribution in [0.15, 0.2) is 12.1 Å². The van der Waals surface area contributed by atoms with Crippen LogP contribution in [0.4, 0.5) is 5.69 Å². The molecule has 1 atom stereocenters. The van der Waals surface area contributed by atoms with E-state index in [0.29, 0.717) is 17.5 Å². The van der Waals surface area contributed by atoms with Crippen molar-refractivity contribution in [3.63, 3.8) is 0 Å². The highest BCUT2D eigenvalue weighted by atomic mass is 35.5. The second-order valence-electron chi connectivity index (χ2n) is 4.66. The van der Waals surface area contributed by atoms with Gasteiger partial charge >= 0.3 is 0 Å². The van der Waals surface area contributed by atoms with Crippen LogP contribution in [0.2, 0.25) is 5.02 Å². The smallest absolute Gasteiger partial charge is 0.144 e. The van der Waals surface area contributed by atoms with Crippen molar-refractivity contribution in [1.82, 2.24) is 0 Å². The topological polar surface area (TPSA) is 45.0 Å². The molecule has 1 rings (SSSR count). The molecular weight excluding hydrogens is 248 g/mol. The summed E-state index contributed by atoms with van der Waals surface area (Å²) >= 11 is 6.03. The van der Waals surface area contributed by atoms with Crippen LogP contribution >= 0.6 is 11.6 Å². The molecule has 0 spiro atoms. The maximum Gasteiger partial charge on any atom is 0.144 e. The number of hydrogen-bond donors (Lipinski definition) is 1. The van der Waals surface area contributed by atoms with Gasteiger partial charge in [-0.25, -0.2) is 0 Å². The summed E-state index contributed by atoms with van der Waals surface area (Å²) in [5.41, 5.74) is 1.81. The Labute approximate surface area is 114 Å². The predicted octanol–water partition coefficient (Wildman–Crippen LogP) is 3.86. The van der Waals surface area contributed by atoms with Gasteiger partial charge in [-0.3, -0.25) is 0 Å². The van der Waals surface area contributed by atoms with Gasteiger partial charge in [-0.15, -0.1) is 0 Å². The number of benzene rings is 1. The van der Waals surface area contributed by atoms with Crippen LogP contribution in [0.25, 0.3) is 0 Å². The molecule has 0 heterocycles. The number of hydrogen-bond acceptors (Lipinski definition) is 3. The average Bonchev–Trinajstić information content (AvgIpc) is 2.28. The quantitative estimate of drug-likeness (QED) is 0.880. The molecular formula is C14H19ClN2O. The van der Waals surface area contributed by atoms with E-state index in [0.717, 1.165) is 17.0 Å². The Hall–Kier alpha value is -1.40. The molecule has 0 saturated carbocycles. The third kappa shape index (κ3) is 3.54. The summed E-state index contributed by atoms with van der Waals surface area (Å²) in [6.45, 7) is 6.61. The summed E-state index contributed by atoms with van der Waals surface area (Å²) in [6, 6.07) is 5.98. The van der Waals surface area contributed by atoms with Crippen molar-refractivity contribution in [3.05, 3.63) is 22.7 Å². The number of nitrogens with zero attached hydrogens (tertiary/aromatic N) is 1. The molecule has 0 saturated heterocycles. The molecule has 18 heavy (non-hydrogen) atoms. The second-order valence-corrected chi connectivity index (χ2v) is 5.10. The van der Waals surface area contributed by atoms with E-state index < -0.39 is 0 Å². The minimum atomic E-state index is -0.0333. The highest BCUT2D eigenvalue weighted by Crippen LogP contribution is 2.32. The van der Waals surface area contributed by atoms with E-state index in [9.17, 15) is 0 Å². The average molecular weight is 267 g/mol. The minimum Gasteiger partial charge on any atom is -0.494 e. The van der Waals surface area contributed by atoms with Gasteiger partial charge in [0.05, 0.1) is 24.8 Å². The van der Waals surface area contributed by atoms with Gasteiger partial charge in [0.1, 0.15) is 5.75 Å². The Morgan fingerprint density at radius 2 is 2.11 bits per heavy atom. The van der Waals surface area contributed by atoms with E-state index in [1.165, 1.54) is 0 Å². The lowest BCUT2D eigenvalue weighted by Gasteiger charge is -2.17. The Kier molecular flexibility index (Phi) is 5.30. The van der Waals surface area contributed by atoms with Crippen molar-refractivity contribution < 1.29 is 4.74 Å². The second kappa shape index (κ2) is 6.51. The molecule has 1 unspecified atom stereocenters. The van der Waals surface area contributed by atoms with Crippen molar-refractivity contribution in [2.45, 2.75) is 20.8 Å². The molecule has 0 amide bonds. The summed E-state index contributed by atoms with van der Waals surface area (Å²) in [6.07, 6.45) is 0. The molecule has 0 aliphatic heterocycles. The zero-order valence-corrected chi connectivity index (χ0v) is 12.0. The predicted molar refractivity (Wildman–Crippen MR) is 75.2 cm³/mol. The van der Waals surface area contributed by atoms with Crippen molar-refractivity contribution in [1.29, 1.82) is 5.26 Å².